The maximum absolute atomic E-state index is 4.66. The molecule has 35 heavy (non-hydrogen) atoms. The standard InChI is InChI=1S/C28H29N7/c1-6-7-27(35-15-18(2)30-17-35)23-12-26(31-19(23)3)28-24-11-21(8-9-25(24)32-33-28)22-10-20(13-29-14-22)16-34(4)5/h6-15,17,31H,1,16H2,2-5H3,(H,32,33)/b27-7+. The third-order valence-corrected chi connectivity index (χ3v) is 6.00. The topological polar surface area (TPSA) is 78.4 Å². The fourth-order valence-electron chi connectivity index (χ4n) is 4.43. The molecule has 4 aromatic heterocycles. The summed E-state index contributed by atoms with van der Waals surface area (Å²) in [6.45, 7) is 8.80. The van der Waals surface area contributed by atoms with Gasteiger partial charge in [0.05, 0.1) is 28.9 Å². The molecule has 1 aromatic carbocycles. The van der Waals surface area contributed by atoms with Crippen LogP contribution in [-0.2, 0) is 6.54 Å². The van der Waals surface area contributed by atoms with Crippen LogP contribution in [0.2, 0.25) is 0 Å². The molecule has 0 amide bonds. The highest BCUT2D eigenvalue weighted by Gasteiger charge is 2.16. The van der Waals surface area contributed by atoms with Gasteiger partial charge in [-0.1, -0.05) is 18.7 Å². The first-order chi connectivity index (χ1) is 16.9. The van der Waals surface area contributed by atoms with E-state index in [1.54, 1.807) is 6.08 Å². The first-order valence-corrected chi connectivity index (χ1v) is 11.5. The molecule has 0 aliphatic rings. The Hall–Kier alpha value is -4.23. The lowest BCUT2D eigenvalue weighted by atomic mass is 10.0. The van der Waals surface area contributed by atoms with Crippen molar-refractivity contribution in [2.45, 2.75) is 20.4 Å². The minimum Gasteiger partial charge on any atom is -0.357 e. The van der Waals surface area contributed by atoms with Crippen LogP contribution in [0, 0.1) is 13.8 Å². The van der Waals surface area contributed by atoms with Gasteiger partial charge in [0, 0.05) is 47.3 Å². The zero-order valence-electron chi connectivity index (χ0n) is 20.5. The van der Waals surface area contributed by atoms with Crippen LogP contribution in [0.1, 0.15) is 22.5 Å². The molecule has 4 heterocycles. The van der Waals surface area contributed by atoms with Gasteiger partial charge in [-0.2, -0.15) is 5.10 Å². The molecule has 5 rings (SSSR count). The number of fused-ring (bicyclic) bond motifs is 1. The molecule has 0 saturated carbocycles. The molecule has 0 saturated heterocycles. The number of hydrogen-bond donors (Lipinski definition) is 2. The Morgan fingerprint density at radius 3 is 2.71 bits per heavy atom. The van der Waals surface area contributed by atoms with Crippen molar-refractivity contribution in [3.05, 3.63) is 96.5 Å². The summed E-state index contributed by atoms with van der Waals surface area (Å²) < 4.78 is 2.02. The van der Waals surface area contributed by atoms with E-state index in [1.807, 2.05) is 42.5 Å². The number of benzene rings is 1. The normalized spacial score (nSPS) is 12.1. The summed E-state index contributed by atoms with van der Waals surface area (Å²) >= 11 is 0. The van der Waals surface area contributed by atoms with E-state index in [1.165, 1.54) is 5.56 Å². The zero-order chi connectivity index (χ0) is 24.5. The summed E-state index contributed by atoms with van der Waals surface area (Å²) in [5.74, 6) is 0. The highest BCUT2D eigenvalue weighted by Crippen LogP contribution is 2.33. The third kappa shape index (κ3) is 4.46. The number of aromatic nitrogens is 6. The number of pyridine rings is 1. The number of nitrogens with zero attached hydrogens (tertiary/aromatic N) is 5. The Labute approximate surface area is 204 Å². The molecule has 0 bridgehead atoms. The van der Waals surface area contributed by atoms with E-state index in [0.29, 0.717) is 0 Å². The van der Waals surface area contributed by atoms with E-state index in [9.17, 15) is 0 Å². The average Bonchev–Trinajstić information content (AvgIpc) is 3.55. The van der Waals surface area contributed by atoms with Gasteiger partial charge >= 0.3 is 0 Å². The summed E-state index contributed by atoms with van der Waals surface area (Å²) in [4.78, 5) is 14.5. The van der Waals surface area contributed by atoms with E-state index in [4.69, 9.17) is 0 Å². The summed E-state index contributed by atoms with van der Waals surface area (Å²) in [5.41, 5.74) is 10.3. The molecular weight excluding hydrogens is 434 g/mol. The van der Waals surface area contributed by atoms with E-state index in [2.05, 4.69) is 88.0 Å². The molecule has 176 valence electrons. The van der Waals surface area contributed by atoms with Crippen LogP contribution in [0.25, 0.3) is 39.1 Å². The molecule has 0 fully saturated rings. The lowest BCUT2D eigenvalue weighted by Crippen LogP contribution is -2.10. The van der Waals surface area contributed by atoms with Crippen LogP contribution < -0.4 is 0 Å². The van der Waals surface area contributed by atoms with Gasteiger partial charge in [0.1, 0.15) is 5.69 Å². The van der Waals surface area contributed by atoms with Crippen LogP contribution in [-0.4, -0.2) is 48.7 Å². The molecule has 7 nitrogen and oxygen atoms in total. The van der Waals surface area contributed by atoms with Crippen molar-refractivity contribution in [1.82, 2.24) is 34.6 Å². The second-order valence-electron chi connectivity index (χ2n) is 9.08. The average molecular weight is 464 g/mol. The minimum atomic E-state index is 0.849. The van der Waals surface area contributed by atoms with Gasteiger partial charge in [0.2, 0.25) is 0 Å². The lowest BCUT2D eigenvalue weighted by molar-refractivity contribution is 0.402. The molecule has 0 atom stereocenters. The number of nitrogens with one attached hydrogen (secondary N) is 2. The number of aromatic amines is 2. The van der Waals surface area contributed by atoms with Crippen molar-refractivity contribution in [3.8, 4) is 22.5 Å². The Balaban J connectivity index is 1.56. The molecule has 0 spiro atoms. The second-order valence-corrected chi connectivity index (χ2v) is 9.08. The Morgan fingerprint density at radius 2 is 1.97 bits per heavy atom. The van der Waals surface area contributed by atoms with Crippen molar-refractivity contribution in [2.24, 2.45) is 0 Å². The molecule has 5 aromatic rings. The number of imidazole rings is 1. The largest absolute Gasteiger partial charge is 0.357 e. The molecule has 0 unspecified atom stereocenters. The predicted octanol–water partition coefficient (Wildman–Crippen LogP) is 5.57. The van der Waals surface area contributed by atoms with Crippen molar-refractivity contribution in [1.29, 1.82) is 0 Å². The molecular formula is C28H29N7. The van der Waals surface area contributed by atoms with Gasteiger partial charge in [0.25, 0.3) is 0 Å². The lowest BCUT2D eigenvalue weighted by Gasteiger charge is -2.10. The van der Waals surface area contributed by atoms with Crippen molar-refractivity contribution in [2.75, 3.05) is 14.1 Å². The molecule has 0 radical (unpaired) electrons. The quantitative estimate of drug-likeness (QED) is 0.309. The van der Waals surface area contributed by atoms with Gasteiger partial charge in [-0.15, -0.1) is 0 Å². The van der Waals surface area contributed by atoms with Gasteiger partial charge < -0.3 is 14.5 Å². The minimum absolute atomic E-state index is 0.849. The van der Waals surface area contributed by atoms with Crippen LogP contribution in [0.15, 0.2) is 74.0 Å². The van der Waals surface area contributed by atoms with Crippen molar-refractivity contribution in [3.63, 3.8) is 0 Å². The predicted molar refractivity (Wildman–Crippen MR) is 142 cm³/mol. The van der Waals surface area contributed by atoms with E-state index in [0.717, 1.165) is 62.6 Å². The van der Waals surface area contributed by atoms with Gasteiger partial charge in [-0.3, -0.25) is 10.1 Å². The maximum Gasteiger partial charge on any atom is 0.116 e. The molecule has 0 aliphatic heterocycles. The summed E-state index contributed by atoms with van der Waals surface area (Å²) in [6, 6.07) is 10.7. The summed E-state index contributed by atoms with van der Waals surface area (Å²) in [7, 11) is 4.12. The fraction of sp³-hybridized carbons (Fsp3) is 0.179. The van der Waals surface area contributed by atoms with Crippen LogP contribution in [0.3, 0.4) is 0 Å². The highest BCUT2D eigenvalue weighted by atomic mass is 15.1. The number of allylic oxidation sites excluding steroid dienone is 2. The van der Waals surface area contributed by atoms with E-state index >= 15 is 0 Å². The van der Waals surface area contributed by atoms with Gasteiger partial charge in [-0.25, -0.2) is 4.98 Å². The smallest absolute Gasteiger partial charge is 0.116 e. The summed E-state index contributed by atoms with van der Waals surface area (Å²) in [6.07, 6.45) is 11.5. The SMILES string of the molecule is C=C/C=C(\c1cc(-c2n[nH]c3ccc(-c4cncc(CN(C)C)c4)cc23)[nH]c1C)n1cnc(C)c1. The van der Waals surface area contributed by atoms with E-state index in [-0.39, 0.29) is 0 Å². The maximum atomic E-state index is 4.66. The monoisotopic (exact) mass is 463 g/mol. The zero-order valence-corrected chi connectivity index (χ0v) is 20.5. The van der Waals surface area contributed by atoms with Crippen molar-refractivity contribution >= 4 is 16.6 Å². The Bertz CT molecular complexity index is 1540. The van der Waals surface area contributed by atoms with Crippen molar-refractivity contribution < 1.29 is 0 Å². The summed E-state index contributed by atoms with van der Waals surface area (Å²) in [5, 5.41) is 8.90. The van der Waals surface area contributed by atoms with Crippen LogP contribution in [0.5, 0.6) is 0 Å². The third-order valence-electron chi connectivity index (χ3n) is 6.00. The van der Waals surface area contributed by atoms with Gasteiger partial charge in [0.15, 0.2) is 0 Å². The molecule has 0 aliphatic carbocycles. The number of H-pyrrole nitrogens is 2. The number of hydrogen-bond acceptors (Lipinski definition) is 4. The van der Waals surface area contributed by atoms with Crippen LogP contribution in [0.4, 0.5) is 0 Å². The van der Waals surface area contributed by atoms with Crippen LogP contribution >= 0.6 is 0 Å². The molecule has 2 N–H and O–H groups in total. The number of aryl methyl sites for hydroxylation is 2. The Kier molecular flexibility index (Phi) is 5.93. The molecule has 7 heteroatoms. The highest BCUT2D eigenvalue weighted by molar-refractivity contribution is 5.95. The Morgan fingerprint density at radius 1 is 1.11 bits per heavy atom. The second kappa shape index (κ2) is 9.19. The first-order valence-electron chi connectivity index (χ1n) is 11.5. The first kappa shape index (κ1) is 22.6. The fourth-order valence-corrected chi connectivity index (χ4v) is 4.43. The number of rotatable bonds is 7. The van der Waals surface area contributed by atoms with E-state index < -0.39 is 0 Å². The van der Waals surface area contributed by atoms with Gasteiger partial charge in [-0.05, 0) is 69.4 Å².